The molecule has 0 aliphatic heterocycles. The van der Waals surface area contributed by atoms with Crippen LogP contribution in [-0.4, -0.2) is 9.97 Å². The summed E-state index contributed by atoms with van der Waals surface area (Å²) in [5, 5.41) is 0.624. The summed E-state index contributed by atoms with van der Waals surface area (Å²) >= 11 is 5.87. The van der Waals surface area contributed by atoms with Crippen LogP contribution in [0.5, 0.6) is 0 Å². The summed E-state index contributed by atoms with van der Waals surface area (Å²) < 4.78 is 0. The number of nitrogens with zero attached hydrogens (tertiary/aromatic N) is 2. The molecule has 4 heteroatoms. The zero-order valence-corrected chi connectivity index (χ0v) is 8.78. The standard InChI is InChI=1S/C11H10ClN3/c12-10-3-9(6-14-7-10)8-1-2-15-11(4-8)5-13/h1-4,6-7H,5,13H2. The summed E-state index contributed by atoms with van der Waals surface area (Å²) in [7, 11) is 0. The molecule has 2 aromatic heterocycles. The van der Waals surface area contributed by atoms with E-state index in [9.17, 15) is 0 Å². The minimum absolute atomic E-state index is 0.432. The summed E-state index contributed by atoms with van der Waals surface area (Å²) in [5.74, 6) is 0. The second kappa shape index (κ2) is 4.38. The van der Waals surface area contributed by atoms with Crippen LogP contribution in [0.15, 0.2) is 36.8 Å². The maximum Gasteiger partial charge on any atom is 0.0595 e. The van der Waals surface area contributed by atoms with Gasteiger partial charge in [-0.1, -0.05) is 11.6 Å². The van der Waals surface area contributed by atoms with Gasteiger partial charge in [-0.3, -0.25) is 9.97 Å². The molecule has 15 heavy (non-hydrogen) atoms. The lowest BCUT2D eigenvalue weighted by molar-refractivity contribution is 0.991. The van der Waals surface area contributed by atoms with E-state index in [2.05, 4.69) is 9.97 Å². The summed E-state index contributed by atoms with van der Waals surface area (Å²) in [5.41, 5.74) is 8.38. The molecule has 0 unspecified atom stereocenters. The molecular formula is C11H10ClN3. The molecule has 2 heterocycles. The number of hydrogen-bond acceptors (Lipinski definition) is 3. The van der Waals surface area contributed by atoms with Crippen LogP contribution in [0.2, 0.25) is 5.02 Å². The molecule has 0 aliphatic carbocycles. The first-order valence-electron chi connectivity index (χ1n) is 4.55. The maximum absolute atomic E-state index is 5.87. The Morgan fingerprint density at radius 2 is 2.07 bits per heavy atom. The third-order valence-corrected chi connectivity index (χ3v) is 2.27. The Hall–Kier alpha value is -1.45. The normalized spacial score (nSPS) is 10.3. The summed E-state index contributed by atoms with van der Waals surface area (Å²) in [6, 6.07) is 5.71. The van der Waals surface area contributed by atoms with Crippen LogP contribution in [-0.2, 0) is 6.54 Å². The van der Waals surface area contributed by atoms with Crippen LogP contribution in [0.25, 0.3) is 11.1 Å². The van der Waals surface area contributed by atoms with Gasteiger partial charge in [-0.25, -0.2) is 0 Å². The minimum atomic E-state index is 0.432. The fraction of sp³-hybridized carbons (Fsp3) is 0.0909. The highest BCUT2D eigenvalue weighted by atomic mass is 35.5. The predicted octanol–water partition coefficient (Wildman–Crippen LogP) is 2.26. The molecule has 0 atom stereocenters. The van der Waals surface area contributed by atoms with Gasteiger partial charge in [0.2, 0.25) is 0 Å². The molecule has 76 valence electrons. The molecule has 3 nitrogen and oxygen atoms in total. The first-order valence-corrected chi connectivity index (χ1v) is 4.93. The van der Waals surface area contributed by atoms with Crippen molar-refractivity contribution in [3.63, 3.8) is 0 Å². The van der Waals surface area contributed by atoms with Crippen LogP contribution in [0, 0.1) is 0 Å². The van der Waals surface area contributed by atoms with Crippen molar-refractivity contribution in [1.29, 1.82) is 0 Å². The Balaban J connectivity index is 2.44. The minimum Gasteiger partial charge on any atom is -0.325 e. The summed E-state index contributed by atoms with van der Waals surface area (Å²) in [6.45, 7) is 0.432. The van der Waals surface area contributed by atoms with Crippen LogP contribution < -0.4 is 5.73 Å². The Morgan fingerprint density at radius 3 is 2.80 bits per heavy atom. The second-order valence-electron chi connectivity index (χ2n) is 3.13. The molecule has 2 N–H and O–H groups in total. The molecule has 0 bridgehead atoms. The Morgan fingerprint density at radius 1 is 1.20 bits per heavy atom. The third kappa shape index (κ3) is 2.32. The van der Waals surface area contributed by atoms with Gasteiger partial charge in [-0.2, -0.15) is 0 Å². The number of rotatable bonds is 2. The predicted molar refractivity (Wildman–Crippen MR) is 60.4 cm³/mol. The number of hydrogen-bond donors (Lipinski definition) is 1. The highest BCUT2D eigenvalue weighted by molar-refractivity contribution is 6.30. The van der Waals surface area contributed by atoms with Crippen molar-refractivity contribution in [1.82, 2.24) is 9.97 Å². The Bertz CT molecular complexity index is 471. The molecule has 0 saturated carbocycles. The number of pyridine rings is 2. The van der Waals surface area contributed by atoms with E-state index in [4.69, 9.17) is 17.3 Å². The summed E-state index contributed by atoms with van der Waals surface area (Å²) in [4.78, 5) is 8.16. The van der Waals surface area contributed by atoms with Crippen molar-refractivity contribution < 1.29 is 0 Å². The average Bonchev–Trinajstić information content (AvgIpc) is 2.29. The quantitative estimate of drug-likeness (QED) is 0.843. The van der Waals surface area contributed by atoms with E-state index >= 15 is 0 Å². The molecule has 0 radical (unpaired) electrons. The van der Waals surface area contributed by atoms with Gasteiger partial charge in [0.05, 0.1) is 10.7 Å². The number of halogens is 1. The van der Waals surface area contributed by atoms with Gasteiger partial charge in [0.15, 0.2) is 0 Å². The van der Waals surface area contributed by atoms with Crippen molar-refractivity contribution in [3.8, 4) is 11.1 Å². The van der Waals surface area contributed by atoms with E-state index < -0.39 is 0 Å². The molecule has 2 rings (SSSR count). The lowest BCUT2D eigenvalue weighted by atomic mass is 10.1. The molecular weight excluding hydrogens is 210 g/mol. The largest absolute Gasteiger partial charge is 0.325 e. The molecule has 0 spiro atoms. The number of nitrogens with two attached hydrogens (primary N) is 1. The molecule has 0 fully saturated rings. The Labute approximate surface area is 92.9 Å². The van der Waals surface area contributed by atoms with Gasteiger partial charge in [-0.05, 0) is 23.8 Å². The SMILES string of the molecule is NCc1cc(-c2cncc(Cl)c2)ccn1. The molecule has 2 aromatic rings. The van der Waals surface area contributed by atoms with Gasteiger partial charge >= 0.3 is 0 Å². The van der Waals surface area contributed by atoms with Gasteiger partial charge in [-0.15, -0.1) is 0 Å². The Kier molecular flexibility index (Phi) is 2.94. The molecule has 0 aliphatic rings. The van der Waals surface area contributed by atoms with E-state index in [1.807, 2.05) is 18.2 Å². The van der Waals surface area contributed by atoms with E-state index in [1.54, 1.807) is 18.6 Å². The highest BCUT2D eigenvalue weighted by Crippen LogP contribution is 2.21. The lowest BCUT2D eigenvalue weighted by Gasteiger charge is -2.03. The lowest BCUT2D eigenvalue weighted by Crippen LogP contribution is -1.98. The monoisotopic (exact) mass is 219 g/mol. The molecule has 0 aromatic carbocycles. The first-order chi connectivity index (χ1) is 7.29. The fourth-order valence-electron chi connectivity index (χ4n) is 1.34. The van der Waals surface area contributed by atoms with Crippen LogP contribution in [0.3, 0.4) is 0 Å². The van der Waals surface area contributed by atoms with Crippen LogP contribution in [0.4, 0.5) is 0 Å². The first kappa shape index (κ1) is 10.1. The van der Waals surface area contributed by atoms with Crippen molar-refractivity contribution in [2.45, 2.75) is 6.54 Å². The van der Waals surface area contributed by atoms with Gasteiger partial charge in [0.25, 0.3) is 0 Å². The van der Waals surface area contributed by atoms with Crippen molar-refractivity contribution >= 4 is 11.6 Å². The number of aromatic nitrogens is 2. The topological polar surface area (TPSA) is 51.8 Å². The zero-order valence-electron chi connectivity index (χ0n) is 8.02. The van der Waals surface area contributed by atoms with E-state index in [-0.39, 0.29) is 0 Å². The van der Waals surface area contributed by atoms with Crippen LogP contribution in [0.1, 0.15) is 5.69 Å². The van der Waals surface area contributed by atoms with Gasteiger partial charge < -0.3 is 5.73 Å². The highest BCUT2D eigenvalue weighted by Gasteiger charge is 2.00. The van der Waals surface area contributed by atoms with Gasteiger partial charge in [0.1, 0.15) is 0 Å². The van der Waals surface area contributed by atoms with E-state index in [0.717, 1.165) is 16.8 Å². The fourth-order valence-corrected chi connectivity index (χ4v) is 1.51. The molecule has 0 amide bonds. The molecule has 0 saturated heterocycles. The smallest absolute Gasteiger partial charge is 0.0595 e. The zero-order chi connectivity index (χ0) is 10.7. The summed E-state index contributed by atoms with van der Waals surface area (Å²) in [6.07, 6.45) is 5.11. The van der Waals surface area contributed by atoms with E-state index in [0.29, 0.717) is 11.6 Å². The van der Waals surface area contributed by atoms with Crippen LogP contribution >= 0.6 is 11.6 Å². The van der Waals surface area contributed by atoms with Crippen molar-refractivity contribution in [3.05, 3.63) is 47.5 Å². The maximum atomic E-state index is 5.87. The van der Waals surface area contributed by atoms with Crippen molar-refractivity contribution in [2.24, 2.45) is 5.73 Å². The van der Waals surface area contributed by atoms with Crippen molar-refractivity contribution in [2.75, 3.05) is 0 Å². The average molecular weight is 220 g/mol. The second-order valence-corrected chi connectivity index (χ2v) is 3.57. The third-order valence-electron chi connectivity index (χ3n) is 2.06. The van der Waals surface area contributed by atoms with Gasteiger partial charge in [0, 0.05) is 30.7 Å². The van der Waals surface area contributed by atoms with E-state index in [1.165, 1.54) is 0 Å².